The van der Waals surface area contributed by atoms with E-state index in [0.717, 1.165) is 109 Å². The third kappa shape index (κ3) is 58.8. The van der Waals surface area contributed by atoms with E-state index in [4.69, 9.17) is 23.3 Å². The minimum atomic E-state index is -4.78. The predicted molar refractivity (Wildman–Crippen MR) is 334 cm³/mol. The summed E-state index contributed by atoms with van der Waals surface area (Å²) in [5.41, 5.74) is 0. The maximum atomic E-state index is 13.0. The second-order valence-electron chi connectivity index (χ2n) is 20.8. The molecule has 0 aliphatic heterocycles. The molecule has 458 valence electrons. The Morgan fingerprint density at radius 1 is 0.362 bits per heavy atom. The fraction of sp³-hybridized carbons (Fsp3) is 0.691. The molecule has 0 aromatic carbocycles. The first-order valence-corrected chi connectivity index (χ1v) is 33.3. The molecule has 0 aliphatic rings. The Bertz CT molecular complexity index is 1760. The summed E-state index contributed by atoms with van der Waals surface area (Å²) in [6.45, 7) is 4.43. The lowest BCUT2D eigenvalue weighted by Crippen LogP contribution is -2.30. The fourth-order valence-corrected chi connectivity index (χ4v) is 9.12. The van der Waals surface area contributed by atoms with Gasteiger partial charge in [-0.2, -0.15) is 0 Å². The molecule has 2 N–H and O–H groups in total. The third-order valence-corrected chi connectivity index (χ3v) is 14.1. The van der Waals surface area contributed by atoms with Crippen molar-refractivity contribution >= 4 is 25.7 Å². The first-order chi connectivity index (χ1) is 39.2. The second-order valence-corrected chi connectivity index (χ2v) is 22.3. The van der Waals surface area contributed by atoms with Crippen LogP contribution in [0, 0.1) is 0 Å². The Morgan fingerprint density at radius 2 is 0.662 bits per heavy atom. The SMILES string of the molecule is CC/C=C\C/C=C\C/C=C\C/C=C\C/C=C\CCCC(=O)OC(CO)COP(=O)(O)OCC(COC(=O)CCCCCCCCC/C=C\CCCCCCCC)OC(=O)CCCCCCCC/C=C\C/C=C\C/C=C\CCCCC. The van der Waals surface area contributed by atoms with Gasteiger partial charge in [-0.25, -0.2) is 4.57 Å². The first kappa shape index (κ1) is 76.1. The minimum Gasteiger partial charge on any atom is -0.462 e. The smallest absolute Gasteiger partial charge is 0.462 e. The number of rotatable bonds is 58. The van der Waals surface area contributed by atoms with Crippen LogP contribution in [0.4, 0.5) is 0 Å². The monoisotopic (exact) mass is 1140 g/mol. The number of esters is 3. The number of aliphatic hydroxyl groups is 1. The van der Waals surface area contributed by atoms with Gasteiger partial charge in [0.05, 0.1) is 19.8 Å². The van der Waals surface area contributed by atoms with E-state index < -0.39 is 57.8 Å². The van der Waals surface area contributed by atoms with Crippen molar-refractivity contribution < 1.29 is 52.2 Å². The lowest BCUT2D eigenvalue weighted by atomic mass is 10.1. The maximum Gasteiger partial charge on any atom is 0.472 e. The number of carbonyl (C=O) groups excluding carboxylic acids is 3. The molecular formula is C68H115O11P. The van der Waals surface area contributed by atoms with Crippen LogP contribution in [0.15, 0.2) is 109 Å². The van der Waals surface area contributed by atoms with E-state index >= 15 is 0 Å². The normalized spacial score (nSPS) is 14.0. The van der Waals surface area contributed by atoms with Gasteiger partial charge in [-0.15, -0.1) is 0 Å². The maximum absolute atomic E-state index is 13.0. The van der Waals surface area contributed by atoms with Gasteiger partial charge in [0.25, 0.3) is 0 Å². The highest BCUT2D eigenvalue weighted by molar-refractivity contribution is 7.47. The topological polar surface area (TPSA) is 155 Å². The molecule has 0 heterocycles. The van der Waals surface area contributed by atoms with Crippen LogP contribution in [-0.4, -0.2) is 66.5 Å². The van der Waals surface area contributed by atoms with Crippen LogP contribution in [0.3, 0.4) is 0 Å². The van der Waals surface area contributed by atoms with Crippen molar-refractivity contribution in [1.29, 1.82) is 0 Å². The summed E-state index contributed by atoms with van der Waals surface area (Å²) in [5, 5.41) is 9.84. The molecular weight excluding hydrogens is 1020 g/mol. The van der Waals surface area contributed by atoms with E-state index in [1.165, 1.54) is 89.9 Å². The van der Waals surface area contributed by atoms with Gasteiger partial charge in [0, 0.05) is 19.3 Å². The number of carbonyl (C=O) groups is 3. The summed E-state index contributed by atoms with van der Waals surface area (Å²) in [6, 6.07) is 0. The highest BCUT2D eigenvalue weighted by Gasteiger charge is 2.28. The van der Waals surface area contributed by atoms with E-state index in [0.29, 0.717) is 25.7 Å². The van der Waals surface area contributed by atoms with Gasteiger partial charge in [-0.1, -0.05) is 233 Å². The quantitative estimate of drug-likeness (QED) is 0.0197. The average Bonchev–Trinajstić information content (AvgIpc) is 3.45. The van der Waals surface area contributed by atoms with Gasteiger partial charge in [0.2, 0.25) is 0 Å². The number of unbranched alkanes of at least 4 members (excludes halogenated alkanes) is 23. The van der Waals surface area contributed by atoms with Crippen molar-refractivity contribution in [3.05, 3.63) is 109 Å². The third-order valence-electron chi connectivity index (χ3n) is 13.1. The summed E-state index contributed by atoms with van der Waals surface area (Å²) in [5.74, 6) is -1.55. The van der Waals surface area contributed by atoms with Crippen LogP contribution in [0.1, 0.15) is 265 Å². The predicted octanol–water partition coefficient (Wildman–Crippen LogP) is 19.4. The van der Waals surface area contributed by atoms with Gasteiger partial charge in [-0.05, 0) is 122 Å². The number of phosphoric acid groups is 1. The van der Waals surface area contributed by atoms with Gasteiger partial charge in [0.15, 0.2) is 6.10 Å². The van der Waals surface area contributed by atoms with Crippen molar-refractivity contribution in [2.24, 2.45) is 0 Å². The number of aliphatic hydroxyl groups excluding tert-OH is 1. The summed E-state index contributed by atoms with van der Waals surface area (Å²) < 4.78 is 39.6. The lowest BCUT2D eigenvalue weighted by Gasteiger charge is -2.21. The second kappa shape index (κ2) is 61.2. The first-order valence-electron chi connectivity index (χ1n) is 31.8. The molecule has 0 radical (unpaired) electrons. The Hall–Kier alpha value is -3.86. The molecule has 80 heavy (non-hydrogen) atoms. The summed E-state index contributed by atoms with van der Waals surface area (Å²) >= 11 is 0. The van der Waals surface area contributed by atoms with Crippen LogP contribution in [-0.2, 0) is 42.2 Å². The number of ether oxygens (including phenoxy) is 3. The Balaban J connectivity index is 4.80. The Kier molecular flexibility index (Phi) is 58.3. The molecule has 3 unspecified atom stereocenters. The molecule has 3 atom stereocenters. The zero-order chi connectivity index (χ0) is 58.3. The van der Waals surface area contributed by atoms with Gasteiger partial charge in [-0.3, -0.25) is 23.4 Å². The molecule has 0 spiro atoms. The Morgan fingerprint density at radius 3 is 1.09 bits per heavy atom. The Labute approximate surface area is 488 Å². The average molecular weight is 1140 g/mol. The zero-order valence-corrected chi connectivity index (χ0v) is 51.7. The summed E-state index contributed by atoms with van der Waals surface area (Å²) in [7, 11) is -4.78. The van der Waals surface area contributed by atoms with Crippen molar-refractivity contribution in [2.45, 2.75) is 277 Å². The van der Waals surface area contributed by atoms with Gasteiger partial charge < -0.3 is 24.2 Å². The van der Waals surface area contributed by atoms with E-state index in [-0.39, 0.29) is 25.9 Å². The van der Waals surface area contributed by atoms with Crippen LogP contribution >= 0.6 is 7.82 Å². The summed E-state index contributed by atoms with van der Waals surface area (Å²) in [6.07, 6.45) is 74.7. The molecule has 0 rings (SSSR count). The highest BCUT2D eigenvalue weighted by Crippen LogP contribution is 2.43. The molecule has 11 nitrogen and oxygen atoms in total. The van der Waals surface area contributed by atoms with E-state index in [1.54, 1.807) is 0 Å². The van der Waals surface area contributed by atoms with Crippen LogP contribution in [0.25, 0.3) is 0 Å². The molecule has 0 aromatic rings. The number of hydrogen-bond donors (Lipinski definition) is 2. The summed E-state index contributed by atoms with van der Waals surface area (Å²) in [4.78, 5) is 48.7. The van der Waals surface area contributed by atoms with Crippen molar-refractivity contribution in [3.8, 4) is 0 Å². The molecule has 0 aliphatic carbocycles. The van der Waals surface area contributed by atoms with Crippen molar-refractivity contribution in [3.63, 3.8) is 0 Å². The molecule has 12 heteroatoms. The molecule has 0 amide bonds. The minimum absolute atomic E-state index is 0.0931. The van der Waals surface area contributed by atoms with E-state index in [2.05, 4.69) is 118 Å². The van der Waals surface area contributed by atoms with Crippen molar-refractivity contribution in [1.82, 2.24) is 0 Å². The van der Waals surface area contributed by atoms with Gasteiger partial charge >= 0.3 is 25.7 Å². The van der Waals surface area contributed by atoms with Gasteiger partial charge in [0.1, 0.15) is 12.7 Å². The molecule has 0 aromatic heterocycles. The fourth-order valence-electron chi connectivity index (χ4n) is 8.33. The standard InChI is InChI=1S/C68H115O11P/c1-4-7-10-13-16-19-22-25-28-31-32-35-38-41-44-47-50-53-56-59-68(72)79-65(61-75-66(70)57-54-51-48-45-42-39-36-33-29-26-23-20-17-14-11-8-5-2)63-77-80(73,74)76-62-64(60-69)78-67(71)58-55-52-49-46-43-40-37-34-30-27-24-21-18-15-12-9-6-3/h9,12,16,18-19,21,25-30,32,35,37,40,46,49,64-65,69H,4-8,10-11,13-15,17,20,22-24,31,33-34,36,38-39,41-45,47-48,50-63H2,1-3H3,(H,73,74)/b12-9-,19-16-,21-18-,28-25-,29-26-,30-27-,35-32-,40-37-,49-46-. The number of phosphoric ester groups is 1. The lowest BCUT2D eigenvalue weighted by molar-refractivity contribution is -0.161. The van der Waals surface area contributed by atoms with E-state index in [1.807, 2.05) is 12.2 Å². The number of allylic oxidation sites excluding steroid dienone is 18. The highest BCUT2D eigenvalue weighted by atomic mass is 31.2. The number of hydrogen-bond acceptors (Lipinski definition) is 10. The van der Waals surface area contributed by atoms with Crippen LogP contribution < -0.4 is 0 Å². The van der Waals surface area contributed by atoms with Crippen molar-refractivity contribution in [2.75, 3.05) is 26.4 Å². The molecule has 0 bridgehead atoms. The van der Waals surface area contributed by atoms with Crippen LogP contribution in [0.2, 0.25) is 0 Å². The molecule has 0 saturated heterocycles. The molecule has 0 saturated carbocycles. The van der Waals surface area contributed by atoms with E-state index in [9.17, 15) is 28.9 Å². The largest absolute Gasteiger partial charge is 0.472 e. The molecule has 0 fully saturated rings. The zero-order valence-electron chi connectivity index (χ0n) is 50.8. The van der Waals surface area contributed by atoms with Crippen LogP contribution in [0.5, 0.6) is 0 Å².